The standard InChI is InChI=1S/2C7H15NO2.C6H15NO3S.C6H13NO2.C5H13NO3S.C5H11NO2/c1-6(2)8(3)5-4-7(9)10;1-5(2)8(4)6(3)7(9)10;1-6(2)7(3)4-5-11(8,9)10;1-5(2)7(3)4-6(8)9;1-5(2)6-3-4-10(7,8)9;1-4(2)6-3-5(7)8/h6H,4-5H2,1-3H3,(H,9,10);5-6H,1-4H3,(H,9,10);6H,4-5H2,1-3H3,(H,8,9,10);5H,4H2,1-3H3,(H,8,9);5-6H,3-4H2,1-2H3,(H,7,8,9);4,6H,3H2,1-2H3,(H,7,8). The molecule has 0 saturated carbocycles. The van der Waals surface area contributed by atoms with E-state index >= 15 is 0 Å². The summed E-state index contributed by atoms with van der Waals surface area (Å²) in [4.78, 5) is 47.9. The number of aliphatic carboxylic acids is 4. The van der Waals surface area contributed by atoms with E-state index in [0.717, 1.165) is 0 Å². The van der Waals surface area contributed by atoms with Gasteiger partial charge in [-0.3, -0.25) is 38.1 Å². The van der Waals surface area contributed by atoms with Gasteiger partial charge in [-0.2, -0.15) is 16.8 Å². The van der Waals surface area contributed by atoms with Crippen LogP contribution in [0.4, 0.5) is 0 Å². The maximum atomic E-state index is 10.4. The Labute approximate surface area is 350 Å². The lowest BCUT2D eigenvalue weighted by molar-refractivity contribution is -0.143. The van der Waals surface area contributed by atoms with Crippen molar-refractivity contribution < 1.29 is 65.5 Å². The molecule has 0 aromatic carbocycles. The predicted octanol–water partition coefficient (Wildman–Crippen LogP) is 2.17. The van der Waals surface area contributed by atoms with Gasteiger partial charge in [0.05, 0.1) is 31.0 Å². The number of likely N-dealkylation sites (N-methyl/N-ethyl adjacent to an activating group) is 2. The smallest absolute Gasteiger partial charge is 0.320 e. The van der Waals surface area contributed by atoms with Crippen LogP contribution in [-0.2, 0) is 39.4 Å². The van der Waals surface area contributed by atoms with Crippen LogP contribution in [0.2, 0.25) is 0 Å². The van der Waals surface area contributed by atoms with E-state index < -0.39 is 44.1 Å². The van der Waals surface area contributed by atoms with Crippen molar-refractivity contribution in [1.82, 2.24) is 30.2 Å². The average Bonchev–Trinajstić information content (AvgIpc) is 3.04. The van der Waals surface area contributed by atoms with E-state index in [0.29, 0.717) is 37.8 Å². The van der Waals surface area contributed by atoms with E-state index in [1.807, 2.05) is 119 Å². The maximum absolute atomic E-state index is 10.4. The van der Waals surface area contributed by atoms with Crippen molar-refractivity contribution in [2.45, 2.75) is 139 Å². The lowest BCUT2D eigenvalue weighted by Crippen LogP contribution is -2.40. The van der Waals surface area contributed by atoms with Gasteiger partial charge in [-0.15, -0.1) is 0 Å². The number of rotatable bonds is 21. The normalized spacial score (nSPS) is 11.9. The van der Waals surface area contributed by atoms with Gasteiger partial charge in [0.25, 0.3) is 20.2 Å². The zero-order valence-corrected chi connectivity index (χ0v) is 39.9. The van der Waals surface area contributed by atoms with Crippen LogP contribution in [0.15, 0.2) is 0 Å². The molecule has 0 radical (unpaired) electrons. The van der Waals surface area contributed by atoms with Crippen LogP contribution in [0.25, 0.3) is 0 Å². The molecular weight excluding hydrogens is 805 g/mol. The van der Waals surface area contributed by atoms with Gasteiger partial charge in [-0.05, 0) is 90.5 Å². The molecule has 20 nitrogen and oxygen atoms in total. The van der Waals surface area contributed by atoms with Crippen molar-refractivity contribution in [3.05, 3.63) is 0 Å². The summed E-state index contributed by atoms with van der Waals surface area (Å²) in [6.07, 6.45) is 0.231. The van der Waals surface area contributed by atoms with Gasteiger partial charge in [0.2, 0.25) is 0 Å². The summed E-state index contributed by atoms with van der Waals surface area (Å²) in [6.45, 7) is 26.7. The van der Waals surface area contributed by atoms with Crippen LogP contribution in [0.5, 0.6) is 0 Å². The predicted molar refractivity (Wildman–Crippen MR) is 230 cm³/mol. The Kier molecular flexibility index (Phi) is 43.4. The minimum Gasteiger partial charge on any atom is -0.481 e. The SMILES string of the molecule is CC(C)N(C)C(C)C(=O)O.CC(C)N(C)CC(=O)O.CC(C)N(C)CCC(=O)O.CC(C)N(C)CCS(=O)(=O)O.CC(C)NCC(=O)O.CC(C)NCCS(=O)(=O)O. The van der Waals surface area contributed by atoms with Gasteiger partial charge in [0.1, 0.15) is 6.04 Å². The number of nitrogens with one attached hydrogen (secondary N) is 2. The Morgan fingerprint density at radius 3 is 1.10 bits per heavy atom. The summed E-state index contributed by atoms with van der Waals surface area (Å²) >= 11 is 0. The Balaban J connectivity index is -0.000000140. The summed E-state index contributed by atoms with van der Waals surface area (Å²) in [6, 6.07) is 1.44. The van der Waals surface area contributed by atoms with Gasteiger partial charge in [0.15, 0.2) is 0 Å². The molecule has 1 unspecified atom stereocenters. The molecule has 352 valence electrons. The molecule has 0 fully saturated rings. The molecule has 0 rings (SSSR count). The molecule has 22 heteroatoms. The first-order valence-electron chi connectivity index (χ1n) is 19.0. The lowest BCUT2D eigenvalue weighted by atomic mass is 10.2. The summed E-state index contributed by atoms with van der Waals surface area (Å²) < 4.78 is 57.5. The first kappa shape index (κ1) is 67.2. The summed E-state index contributed by atoms with van der Waals surface area (Å²) in [5.74, 6) is -3.49. The van der Waals surface area contributed by atoms with Crippen molar-refractivity contribution in [1.29, 1.82) is 0 Å². The van der Waals surface area contributed by atoms with Crippen molar-refractivity contribution in [3.8, 4) is 0 Å². The zero-order valence-electron chi connectivity index (χ0n) is 38.3. The minimum absolute atomic E-state index is 0.0532. The highest BCUT2D eigenvalue weighted by Gasteiger charge is 2.18. The number of carboxylic acid groups (broad SMARTS) is 4. The number of carboxylic acids is 4. The van der Waals surface area contributed by atoms with Crippen molar-refractivity contribution in [3.63, 3.8) is 0 Å². The topological polar surface area (TPSA) is 295 Å². The van der Waals surface area contributed by atoms with Crippen LogP contribution >= 0.6 is 0 Å². The highest BCUT2D eigenvalue weighted by atomic mass is 32.2. The van der Waals surface area contributed by atoms with E-state index in [-0.39, 0.29) is 55.2 Å². The summed E-state index contributed by atoms with van der Waals surface area (Å²) in [5, 5.41) is 38.9. The van der Waals surface area contributed by atoms with E-state index in [1.165, 1.54) is 0 Å². The highest BCUT2D eigenvalue weighted by molar-refractivity contribution is 7.86. The van der Waals surface area contributed by atoms with Gasteiger partial charge in [0, 0.05) is 55.9 Å². The molecule has 1 atom stereocenters. The monoisotopic (exact) mass is 887 g/mol. The molecule has 0 saturated heterocycles. The van der Waals surface area contributed by atoms with Crippen LogP contribution < -0.4 is 10.6 Å². The first-order valence-corrected chi connectivity index (χ1v) is 22.2. The Hall–Kier alpha value is -2.54. The number of hydrogen-bond donors (Lipinski definition) is 8. The molecule has 0 aromatic heterocycles. The van der Waals surface area contributed by atoms with Gasteiger partial charge in [-0.25, -0.2) is 0 Å². The number of hydrogen-bond acceptors (Lipinski definition) is 14. The van der Waals surface area contributed by atoms with Crippen molar-refractivity contribution in [2.24, 2.45) is 0 Å². The fourth-order valence-corrected chi connectivity index (χ4v) is 3.73. The quantitative estimate of drug-likeness (QED) is 0.0766. The van der Waals surface area contributed by atoms with Gasteiger partial charge in [-0.1, -0.05) is 27.7 Å². The second kappa shape index (κ2) is 37.5. The van der Waals surface area contributed by atoms with E-state index in [2.05, 4.69) is 10.6 Å². The van der Waals surface area contributed by atoms with Gasteiger partial charge >= 0.3 is 23.9 Å². The lowest BCUT2D eigenvalue weighted by Gasteiger charge is -2.24. The molecule has 0 aliphatic carbocycles. The minimum atomic E-state index is -3.79. The third kappa shape index (κ3) is 62.6. The van der Waals surface area contributed by atoms with E-state index in [4.69, 9.17) is 29.5 Å². The summed E-state index contributed by atoms with van der Waals surface area (Å²) in [7, 11) is -0.238. The molecule has 0 heterocycles. The van der Waals surface area contributed by atoms with E-state index in [9.17, 15) is 36.0 Å². The van der Waals surface area contributed by atoms with Crippen molar-refractivity contribution >= 4 is 44.1 Å². The Bertz CT molecular complexity index is 1280. The van der Waals surface area contributed by atoms with Crippen LogP contribution in [-0.4, -0.2) is 205 Å². The zero-order chi connectivity index (χ0) is 47.7. The highest BCUT2D eigenvalue weighted by Crippen LogP contribution is 2.00. The molecule has 58 heavy (non-hydrogen) atoms. The second-order valence-corrected chi connectivity index (χ2v) is 18.2. The number of carbonyl (C=O) groups is 4. The molecule has 0 aliphatic rings. The molecule has 0 aliphatic heterocycles. The number of nitrogens with zero attached hydrogens (tertiary/aromatic N) is 4. The second-order valence-electron chi connectivity index (χ2n) is 15.1. The van der Waals surface area contributed by atoms with Crippen LogP contribution in [0.3, 0.4) is 0 Å². The fraction of sp³-hybridized carbons (Fsp3) is 0.889. The van der Waals surface area contributed by atoms with Crippen LogP contribution in [0.1, 0.15) is 96.4 Å². The van der Waals surface area contributed by atoms with E-state index in [1.54, 1.807) is 18.9 Å². The molecular formula is C36H82N6O14S2. The Morgan fingerprint density at radius 1 is 0.517 bits per heavy atom. The molecule has 0 aromatic rings. The van der Waals surface area contributed by atoms with Crippen molar-refractivity contribution in [2.75, 3.05) is 72.4 Å². The molecule has 0 spiro atoms. The van der Waals surface area contributed by atoms with Gasteiger partial charge < -0.3 is 40.9 Å². The Morgan fingerprint density at radius 2 is 0.897 bits per heavy atom. The maximum Gasteiger partial charge on any atom is 0.320 e. The molecule has 8 N–H and O–H groups in total. The first-order chi connectivity index (χ1) is 25.9. The summed E-state index contributed by atoms with van der Waals surface area (Å²) in [5.41, 5.74) is 0. The average molecular weight is 887 g/mol. The molecule has 0 bridgehead atoms. The molecule has 0 amide bonds. The van der Waals surface area contributed by atoms with Crippen LogP contribution in [0, 0.1) is 0 Å². The third-order valence-corrected chi connectivity index (χ3v) is 9.19. The third-order valence-electron chi connectivity index (χ3n) is 7.77. The largest absolute Gasteiger partial charge is 0.481 e. The fourth-order valence-electron chi connectivity index (χ4n) is 2.83.